The number of carbonyl (C=O) groups excluding carboxylic acids is 1. The third-order valence-corrected chi connectivity index (χ3v) is 4.18. The van der Waals surface area contributed by atoms with Gasteiger partial charge in [-0.05, 0) is 30.2 Å². The molecular weight excluding hydrogens is 314 g/mol. The molecule has 5 nitrogen and oxygen atoms in total. The van der Waals surface area contributed by atoms with Crippen molar-refractivity contribution in [3.05, 3.63) is 60.4 Å². The lowest BCUT2D eigenvalue weighted by Gasteiger charge is -2.11. The van der Waals surface area contributed by atoms with Gasteiger partial charge >= 0.3 is 0 Å². The fraction of sp³-hybridized carbons (Fsp3) is 0.300. The number of para-hydroxylation sites is 3. The molecule has 0 bridgehead atoms. The number of benzene rings is 2. The normalized spacial score (nSPS) is 12.2. The summed E-state index contributed by atoms with van der Waals surface area (Å²) in [5.41, 5.74) is 3.01. The first-order chi connectivity index (χ1) is 12.2. The first-order valence-electron chi connectivity index (χ1n) is 8.58. The Morgan fingerprint density at radius 2 is 1.88 bits per heavy atom. The summed E-state index contributed by atoms with van der Waals surface area (Å²) in [6.07, 6.45) is 0.928. The number of carbonyl (C=O) groups is 1. The number of aryl methyl sites for hydroxylation is 1. The zero-order valence-corrected chi connectivity index (χ0v) is 14.4. The number of amides is 1. The molecule has 0 aliphatic heterocycles. The van der Waals surface area contributed by atoms with Crippen LogP contribution >= 0.6 is 0 Å². The second-order valence-corrected chi connectivity index (χ2v) is 6.28. The number of imidazole rings is 1. The number of nitrogens with zero attached hydrogens (tertiary/aromatic N) is 2. The van der Waals surface area contributed by atoms with Crippen LogP contribution in [-0.4, -0.2) is 33.7 Å². The van der Waals surface area contributed by atoms with Gasteiger partial charge in [0.2, 0.25) is 5.91 Å². The quantitative estimate of drug-likeness (QED) is 0.696. The average molecular weight is 337 g/mol. The smallest absolute Gasteiger partial charge is 0.220 e. The van der Waals surface area contributed by atoms with Gasteiger partial charge in [-0.2, -0.15) is 0 Å². The van der Waals surface area contributed by atoms with Gasteiger partial charge in [0, 0.05) is 31.7 Å². The number of fused-ring (bicyclic) bond motifs is 1. The second-order valence-electron chi connectivity index (χ2n) is 6.28. The molecular formula is C20H23N3O2. The Morgan fingerprint density at radius 3 is 2.64 bits per heavy atom. The number of aliphatic hydroxyl groups is 1. The van der Waals surface area contributed by atoms with E-state index in [4.69, 9.17) is 10.1 Å². The van der Waals surface area contributed by atoms with Gasteiger partial charge in [-0.25, -0.2) is 4.98 Å². The van der Waals surface area contributed by atoms with Crippen LogP contribution in [-0.2, 0) is 11.2 Å². The molecule has 0 fully saturated rings. The van der Waals surface area contributed by atoms with E-state index in [1.807, 2.05) is 61.5 Å². The van der Waals surface area contributed by atoms with Gasteiger partial charge in [0.1, 0.15) is 5.82 Å². The van der Waals surface area contributed by atoms with Crippen molar-refractivity contribution in [1.29, 1.82) is 0 Å². The molecule has 130 valence electrons. The zero-order valence-electron chi connectivity index (χ0n) is 14.4. The Hall–Kier alpha value is -2.66. The van der Waals surface area contributed by atoms with Crippen LogP contribution in [0.25, 0.3) is 16.7 Å². The van der Waals surface area contributed by atoms with E-state index in [1.165, 1.54) is 0 Å². The van der Waals surface area contributed by atoms with Crippen molar-refractivity contribution in [2.75, 3.05) is 13.2 Å². The summed E-state index contributed by atoms with van der Waals surface area (Å²) in [4.78, 5) is 16.8. The molecule has 1 unspecified atom stereocenters. The highest BCUT2D eigenvalue weighted by molar-refractivity contribution is 5.79. The van der Waals surface area contributed by atoms with Crippen LogP contribution in [0.5, 0.6) is 0 Å². The molecule has 1 aromatic heterocycles. The molecule has 2 N–H and O–H groups in total. The SMILES string of the molecule is CC(CO)CNC(=O)CCc1nc2ccccc2n1-c1ccccc1. The van der Waals surface area contributed by atoms with Gasteiger partial charge in [0.25, 0.3) is 0 Å². The number of hydrogen-bond donors (Lipinski definition) is 2. The van der Waals surface area contributed by atoms with Crippen molar-refractivity contribution in [2.45, 2.75) is 19.8 Å². The number of nitrogens with one attached hydrogen (secondary N) is 1. The van der Waals surface area contributed by atoms with Crippen LogP contribution in [0.15, 0.2) is 54.6 Å². The van der Waals surface area contributed by atoms with E-state index < -0.39 is 0 Å². The topological polar surface area (TPSA) is 67.2 Å². The second kappa shape index (κ2) is 7.94. The van der Waals surface area contributed by atoms with Crippen LogP contribution in [0.4, 0.5) is 0 Å². The van der Waals surface area contributed by atoms with E-state index in [-0.39, 0.29) is 18.4 Å². The number of hydrogen-bond acceptors (Lipinski definition) is 3. The van der Waals surface area contributed by atoms with Gasteiger partial charge < -0.3 is 10.4 Å². The highest BCUT2D eigenvalue weighted by Crippen LogP contribution is 2.22. The molecule has 3 rings (SSSR count). The molecule has 1 amide bonds. The van der Waals surface area contributed by atoms with Crippen molar-refractivity contribution in [1.82, 2.24) is 14.9 Å². The summed E-state index contributed by atoms with van der Waals surface area (Å²) in [7, 11) is 0. The van der Waals surface area contributed by atoms with E-state index in [0.29, 0.717) is 19.4 Å². The Balaban J connectivity index is 1.81. The van der Waals surface area contributed by atoms with Crippen molar-refractivity contribution in [2.24, 2.45) is 5.92 Å². The summed E-state index contributed by atoms with van der Waals surface area (Å²) < 4.78 is 2.11. The van der Waals surface area contributed by atoms with Crippen LogP contribution in [0.3, 0.4) is 0 Å². The van der Waals surface area contributed by atoms with Crippen LogP contribution in [0.1, 0.15) is 19.2 Å². The first kappa shape index (κ1) is 17.2. The molecule has 0 aliphatic rings. The van der Waals surface area contributed by atoms with Crippen molar-refractivity contribution >= 4 is 16.9 Å². The Morgan fingerprint density at radius 1 is 1.16 bits per heavy atom. The third kappa shape index (κ3) is 4.06. The maximum absolute atomic E-state index is 12.1. The van der Waals surface area contributed by atoms with Crippen LogP contribution in [0, 0.1) is 5.92 Å². The summed E-state index contributed by atoms with van der Waals surface area (Å²) in [5, 5.41) is 11.9. The molecule has 0 radical (unpaired) electrons. The van der Waals surface area contributed by atoms with Crippen molar-refractivity contribution < 1.29 is 9.90 Å². The Bertz CT molecular complexity index is 843. The lowest BCUT2D eigenvalue weighted by atomic mass is 10.2. The lowest BCUT2D eigenvalue weighted by molar-refractivity contribution is -0.121. The summed E-state index contributed by atoms with van der Waals surface area (Å²) in [5.74, 6) is 0.919. The molecule has 0 saturated heterocycles. The molecule has 0 aliphatic carbocycles. The largest absolute Gasteiger partial charge is 0.396 e. The molecule has 3 aromatic rings. The predicted octanol–water partition coefficient (Wildman–Crippen LogP) is 2.70. The summed E-state index contributed by atoms with van der Waals surface area (Å²) in [6, 6.07) is 18.1. The van der Waals surface area contributed by atoms with E-state index >= 15 is 0 Å². The van der Waals surface area contributed by atoms with Crippen LogP contribution < -0.4 is 5.32 Å². The molecule has 0 saturated carbocycles. The van der Waals surface area contributed by atoms with Gasteiger partial charge in [-0.15, -0.1) is 0 Å². The highest BCUT2D eigenvalue weighted by atomic mass is 16.3. The van der Waals surface area contributed by atoms with E-state index in [1.54, 1.807) is 0 Å². The van der Waals surface area contributed by atoms with Gasteiger partial charge in [0.05, 0.1) is 11.0 Å². The minimum absolute atomic E-state index is 0.0213. The fourth-order valence-electron chi connectivity index (χ4n) is 2.78. The Labute approximate surface area is 147 Å². The molecule has 1 heterocycles. The Kier molecular flexibility index (Phi) is 5.46. The molecule has 5 heteroatoms. The maximum atomic E-state index is 12.1. The van der Waals surface area contributed by atoms with E-state index in [0.717, 1.165) is 22.5 Å². The summed E-state index contributed by atoms with van der Waals surface area (Å²) in [6.45, 7) is 2.46. The van der Waals surface area contributed by atoms with Crippen LogP contribution in [0.2, 0.25) is 0 Å². The lowest BCUT2D eigenvalue weighted by Crippen LogP contribution is -2.29. The van der Waals surface area contributed by atoms with E-state index in [2.05, 4.69) is 9.88 Å². The molecule has 0 spiro atoms. The van der Waals surface area contributed by atoms with Gasteiger partial charge in [-0.1, -0.05) is 37.3 Å². The third-order valence-electron chi connectivity index (χ3n) is 4.18. The van der Waals surface area contributed by atoms with Crippen molar-refractivity contribution in [3.8, 4) is 5.69 Å². The van der Waals surface area contributed by atoms with Crippen molar-refractivity contribution in [3.63, 3.8) is 0 Å². The minimum Gasteiger partial charge on any atom is -0.396 e. The standard InChI is InChI=1S/C20H23N3O2/c1-15(14-24)13-21-20(25)12-11-19-22-17-9-5-6-10-18(17)23(19)16-7-3-2-4-8-16/h2-10,15,24H,11-14H2,1H3,(H,21,25). The monoisotopic (exact) mass is 337 g/mol. The fourth-order valence-corrected chi connectivity index (χ4v) is 2.78. The molecule has 25 heavy (non-hydrogen) atoms. The minimum atomic E-state index is -0.0213. The summed E-state index contributed by atoms with van der Waals surface area (Å²) >= 11 is 0. The zero-order chi connectivity index (χ0) is 17.6. The first-order valence-corrected chi connectivity index (χ1v) is 8.58. The number of aromatic nitrogens is 2. The number of aliphatic hydroxyl groups excluding tert-OH is 1. The maximum Gasteiger partial charge on any atom is 0.220 e. The van der Waals surface area contributed by atoms with Gasteiger partial charge in [0.15, 0.2) is 0 Å². The molecule has 2 aromatic carbocycles. The molecule has 1 atom stereocenters. The average Bonchev–Trinajstić information content (AvgIpc) is 3.03. The highest BCUT2D eigenvalue weighted by Gasteiger charge is 2.13. The van der Waals surface area contributed by atoms with E-state index in [9.17, 15) is 4.79 Å². The van der Waals surface area contributed by atoms with Gasteiger partial charge in [-0.3, -0.25) is 9.36 Å². The number of rotatable bonds is 7. The predicted molar refractivity (Wildman–Crippen MR) is 98.7 cm³/mol.